The van der Waals surface area contributed by atoms with E-state index in [4.69, 9.17) is 14.2 Å². The predicted molar refractivity (Wildman–Crippen MR) is 140 cm³/mol. The van der Waals surface area contributed by atoms with E-state index in [0.29, 0.717) is 5.75 Å². The zero-order valence-corrected chi connectivity index (χ0v) is 22.7. The van der Waals surface area contributed by atoms with E-state index < -0.39 is 40.3 Å². The molecule has 1 saturated heterocycles. The lowest BCUT2D eigenvalue weighted by molar-refractivity contribution is -0.144. The van der Waals surface area contributed by atoms with E-state index in [9.17, 15) is 23.1 Å². The van der Waals surface area contributed by atoms with Gasteiger partial charge in [0.25, 0.3) is 0 Å². The summed E-state index contributed by atoms with van der Waals surface area (Å²) < 4.78 is 43.6. The highest BCUT2D eigenvalue weighted by atomic mass is 32.2. The van der Waals surface area contributed by atoms with Crippen LogP contribution in [0.25, 0.3) is 0 Å². The maximum atomic E-state index is 13.6. The van der Waals surface area contributed by atoms with Gasteiger partial charge < -0.3 is 24.6 Å². The molecule has 2 N–H and O–H groups in total. The number of amides is 1. The standard InChI is InChI=1S/C27H36N2O8S/c1-4-19(2)17-29(38(33,34)22-12-10-21(35-3)11-13-22)18-24(30)23(16-20-8-6-5-7-9-20)28-27(32)37-25-14-15-36-26(25)31/h5-13,19,23-25,30H,4,14-18H2,1-3H3,(H,28,32)/t19-,23?,24+,25+/m0/s1. The first-order valence-corrected chi connectivity index (χ1v) is 14.1. The van der Waals surface area contributed by atoms with Crippen LogP contribution in [0.1, 0.15) is 32.3 Å². The molecule has 1 heterocycles. The molecule has 1 fully saturated rings. The molecule has 2 aromatic carbocycles. The van der Waals surface area contributed by atoms with E-state index >= 15 is 0 Å². The van der Waals surface area contributed by atoms with E-state index in [0.717, 1.165) is 12.0 Å². The number of ether oxygens (including phenoxy) is 3. The Morgan fingerprint density at radius 3 is 2.42 bits per heavy atom. The molecule has 1 aliphatic rings. The molecular weight excluding hydrogens is 512 g/mol. The fraction of sp³-hybridized carbons (Fsp3) is 0.481. The van der Waals surface area contributed by atoms with Crippen molar-refractivity contribution >= 4 is 22.1 Å². The highest BCUT2D eigenvalue weighted by Gasteiger charge is 2.34. The zero-order valence-electron chi connectivity index (χ0n) is 21.9. The van der Waals surface area contributed by atoms with Crippen LogP contribution in [0.3, 0.4) is 0 Å². The Labute approximate surface area is 223 Å². The number of esters is 1. The number of hydrogen-bond donors (Lipinski definition) is 2. The van der Waals surface area contributed by atoms with Crippen LogP contribution in [0.4, 0.5) is 4.79 Å². The third kappa shape index (κ3) is 7.92. The lowest BCUT2D eigenvalue weighted by atomic mass is 10.0. The van der Waals surface area contributed by atoms with E-state index in [1.165, 1.54) is 23.5 Å². The smallest absolute Gasteiger partial charge is 0.408 e. The molecular formula is C27H36N2O8S. The summed E-state index contributed by atoms with van der Waals surface area (Å²) in [4.78, 5) is 24.4. The van der Waals surface area contributed by atoms with Gasteiger partial charge >= 0.3 is 12.1 Å². The van der Waals surface area contributed by atoms with Crippen LogP contribution < -0.4 is 10.1 Å². The minimum atomic E-state index is -3.97. The van der Waals surface area contributed by atoms with Gasteiger partial charge in [-0.3, -0.25) is 0 Å². The Morgan fingerprint density at radius 2 is 1.84 bits per heavy atom. The van der Waals surface area contributed by atoms with Crippen molar-refractivity contribution in [1.82, 2.24) is 9.62 Å². The Kier molecular flexibility index (Phi) is 10.5. The second kappa shape index (κ2) is 13.6. The number of alkyl carbamates (subject to hydrolysis) is 1. The van der Waals surface area contributed by atoms with Crippen molar-refractivity contribution in [3.63, 3.8) is 0 Å². The Bertz CT molecular complexity index is 1160. The number of carbonyl (C=O) groups excluding carboxylic acids is 2. The summed E-state index contributed by atoms with van der Waals surface area (Å²) in [6, 6.07) is 14.3. The van der Waals surface area contributed by atoms with Crippen LogP contribution in [-0.2, 0) is 30.7 Å². The lowest BCUT2D eigenvalue weighted by Gasteiger charge is -2.31. The first-order valence-electron chi connectivity index (χ1n) is 12.6. The number of benzene rings is 2. The van der Waals surface area contributed by atoms with Crippen molar-refractivity contribution in [2.75, 3.05) is 26.8 Å². The predicted octanol–water partition coefficient (Wildman–Crippen LogP) is 2.75. The number of methoxy groups -OCH3 is 1. The molecule has 0 aromatic heterocycles. The summed E-state index contributed by atoms with van der Waals surface area (Å²) in [5, 5.41) is 13.9. The molecule has 10 nitrogen and oxygen atoms in total. The molecule has 1 unspecified atom stereocenters. The molecule has 2 aromatic rings. The van der Waals surface area contributed by atoms with E-state index in [1.54, 1.807) is 12.1 Å². The Balaban J connectivity index is 1.83. The molecule has 208 valence electrons. The van der Waals surface area contributed by atoms with Crippen molar-refractivity contribution in [1.29, 1.82) is 0 Å². The van der Waals surface area contributed by atoms with Gasteiger partial charge in [0.2, 0.25) is 16.1 Å². The van der Waals surface area contributed by atoms with Crippen molar-refractivity contribution in [3.8, 4) is 5.75 Å². The summed E-state index contributed by atoms with van der Waals surface area (Å²) in [6.45, 7) is 3.98. The molecule has 11 heteroatoms. The number of nitrogens with zero attached hydrogens (tertiary/aromatic N) is 1. The molecule has 1 amide bonds. The molecule has 4 atom stereocenters. The first-order chi connectivity index (χ1) is 18.1. The average molecular weight is 549 g/mol. The maximum absolute atomic E-state index is 13.6. The molecule has 0 aliphatic carbocycles. The molecule has 0 spiro atoms. The molecule has 0 radical (unpaired) electrons. The number of rotatable bonds is 13. The van der Waals surface area contributed by atoms with Crippen LogP contribution >= 0.6 is 0 Å². The third-order valence-corrected chi connectivity index (χ3v) is 8.35. The minimum Gasteiger partial charge on any atom is -0.497 e. The van der Waals surface area contributed by atoms with Gasteiger partial charge in [-0.25, -0.2) is 18.0 Å². The van der Waals surface area contributed by atoms with Gasteiger partial charge in [-0.1, -0.05) is 50.6 Å². The van der Waals surface area contributed by atoms with Crippen molar-refractivity contribution in [3.05, 3.63) is 60.2 Å². The van der Waals surface area contributed by atoms with Crippen LogP contribution in [0.15, 0.2) is 59.5 Å². The van der Waals surface area contributed by atoms with Crippen molar-refractivity contribution in [2.24, 2.45) is 5.92 Å². The monoisotopic (exact) mass is 548 g/mol. The van der Waals surface area contributed by atoms with E-state index in [-0.39, 0.29) is 43.4 Å². The summed E-state index contributed by atoms with van der Waals surface area (Å²) in [7, 11) is -2.48. The molecule has 3 rings (SSSR count). The second-order valence-electron chi connectivity index (χ2n) is 9.37. The molecule has 0 saturated carbocycles. The normalized spacial score (nSPS) is 17.9. The highest BCUT2D eigenvalue weighted by Crippen LogP contribution is 2.22. The van der Waals surface area contributed by atoms with Gasteiger partial charge in [0.15, 0.2) is 0 Å². The first kappa shape index (κ1) is 29.4. The van der Waals surface area contributed by atoms with Gasteiger partial charge in [-0.2, -0.15) is 4.31 Å². The number of nitrogens with one attached hydrogen (secondary N) is 1. The average Bonchev–Trinajstić information content (AvgIpc) is 3.32. The Morgan fingerprint density at radius 1 is 1.16 bits per heavy atom. The summed E-state index contributed by atoms with van der Waals surface area (Å²) >= 11 is 0. The lowest BCUT2D eigenvalue weighted by Crippen LogP contribution is -2.51. The number of carbonyl (C=O) groups is 2. The SMILES string of the molecule is CC[C@H](C)CN(C[C@@H](O)C(Cc1ccccc1)NC(=O)O[C@@H]1CCOC1=O)S(=O)(=O)c1ccc(OC)cc1. The number of cyclic esters (lactones) is 1. The van der Waals surface area contributed by atoms with Crippen LogP contribution in [-0.4, -0.2) is 74.9 Å². The summed E-state index contributed by atoms with van der Waals surface area (Å²) in [5.74, 6) is -0.0750. The fourth-order valence-corrected chi connectivity index (χ4v) is 5.61. The van der Waals surface area contributed by atoms with Gasteiger partial charge in [-0.05, 0) is 42.2 Å². The summed E-state index contributed by atoms with van der Waals surface area (Å²) in [6.07, 6.45) is -1.98. The number of aliphatic hydroxyl groups is 1. The topological polar surface area (TPSA) is 131 Å². The van der Waals surface area contributed by atoms with Crippen LogP contribution in [0.2, 0.25) is 0 Å². The van der Waals surface area contributed by atoms with E-state index in [2.05, 4.69) is 5.32 Å². The van der Waals surface area contributed by atoms with Gasteiger partial charge in [-0.15, -0.1) is 0 Å². The molecule has 1 aliphatic heterocycles. The van der Waals surface area contributed by atoms with Gasteiger partial charge in [0.1, 0.15) is 5.75 Å². The van der Waals surface area contributed by atoms with Crippen molar-refractivity contribution < 1.29 is 37.3 Å². The van der Waals surface area contributed by atoms with E-state index in [1.807, 2.05) is 44.2 Å². The van der Waals surface area contributed by atoms with Gasteiger partial charge in [0.05, 0.1) is 30.8 Å². The number of hydrogen-bond acceptors (Lipinski definition) is 8. The zero-order chi connectivity index (χ0) is 27.7. The molecule has 38 heavy (non-hydrogen) atoms. The minimum absolute atomic E-state index is 0.0223. The summed E-state index contributed by atoms with van der Waals surface area (Å²) in [5.41, 5.74) is 0.823. The van der Waals surface area contributed by atoms with Crippen LogP contribution in [0.5, 0.6) is 5.75 Å². The quantitative estimate of drug-likeness (QED) is 0.365. The Hall–Kier alpha value is -3.15. The fourth-order valence-electron chi connectivity index (χ4n) is 4.03. The maximum Gasteiger partial charge on any atom is 0.408 e. The van der Waals surface area contributed by atoms with Crippen molar-refractivity contribution in [2.45, 2.75) is 56.3 Å². The second-order valence-corrected chi connectivity index (χ2v) is 11.3. The van der Waals surface area contributed by atoms with Crippen LogP contribution in [0, 0.1) is 5.92 Å². The highest BCUT2D eigenvalue weighted by molar-refractivity contribution is 7.89. The molecule has 0 bridgehead atoms. The van der Waals surface area contributed by atoms with Gasteiger partial charge in [0, 0.05) is 19.5 Å². The number of sulfonamides is 1. The largest absolute Gasteiger partial charge is 0.497 e. The third-order valence-electron chi connectivity index (χ3n) is 6.50. The number of aliphatic hydroxyl groups excluding tert-OH is 1.